The van der Waals surface area contributed by atoms with Gasteiger partial charge in [0.25, 0.3) is 11.5 Å². The summed E-state index contributed by atoms with van der Waals surface area (Å²) in [5.41, 5.74) is -0.217. The van der Waals surface area contributed by atoms with Gasteiger partial charge in [0, 0.05) is 31.4 Å². The number of carbonyl (C=O) groups excluding carboxylic acids is 1. The lowest BCUT2D eigenvalue weighted by atomic mass is 9.90. The molecule has 0 radical (unpaired) electrons. The summed E-state index contributed by atoms with van der Waals surface area (Å²) in [6, 6.07) is 3.96. The van der Waals surface area contributed by atoms with E-state index in [1.165, 1.54) is 4.57 Å². The molecule has 2 aromatic rings. The molecule has 7 nitrogen and oxygen atoms in total. The molecule has 2 bridgehead atoms. The summed E-state index contributed by atoms with van der Waals surface area (Å²) in [5, 5.41) is 14.2. The highest BCUT2D eigenvalue weighted by Gasteiger charge is 2.39. The number of hydrogen-bond acceptors (Lipinski definition) is 5. The van der Waals surface area contributed by atoms with Crippen LogP contribution in [0.4, 0.5) is 0 Å². The minimum absolute atomic E-state index is 0.00341. The van der Waals surface area contributed by atoms with E-state index < -0.39 is 11.5 Å². The molecule has 0 spiro atoms. The van der Waals surface area contributed by atoms with Crippen molar-refractivity contribution >= 4 is 16.9 Å². The van der Waals surface area contributed by atoms with Crippen molar-refractivity contribution in [3.8, 4) is 5.75 Å². The molecule has 7 heteroatoms. The van der Waals surface area contributed by atoms with Crippen molar-refractivity contribution in [2.75, 3.05) is 13.1 Å². The minimum Gasteiger partial charge on any atom is -0.506 e. The Morgan fingerprint density at radius 1 is 1.43 bits per heavy atom. The van der Waals surface area contributed by atoms with Crippen molar-refractivity contribution in [1.29, 1.82) is 0 Å². The van der Waals surface area contributed by atoms with Crippen LogP contribution in [0.5, 0.6) is 5.75 Å². The average molecular weight is 384 g/mol. The first-order chi connectivity index (χ1) is 13.5. The van der Waals surface area contributed by atoms with Gasteiger partial charge in [-0.1, -0.05) is 13.3 Å². The number of aryl methyl sites for hydroxylation is 1. The number of carbonyl (C=O) groups is 1. The Labute approximate surface area is 164 Å². The molecule has 0 aromatic carbocycles. The number of fused-ring (bicyclic) bond motifs is 3. The highest BCUT2D eigenvalue weighted by molar-refractivity contribution is 6.01. The van der Waals surface area contributed by atoms with E-state index in [0.29, 0.717) is 29.5 Å². The fourth-order valence-corrected chi connectivity index (χ4v) is 4.72. The van der Waals surface area contributed by atoms with Gasteiger partial charge in [0.15, 0.2) is 0 Å². The zero-order valence-corrected chi connectivity index (χ0v) is 16.5. The minimum atomic E-state index is -0.487. The standard InChI is InChI=1S/C21H28N4O3/c1-3-4-9-25-19-16(6-5-8-22-19)18(26)17(21(25)28)20(27)23-15-11-14-7-10-24(12-15)13(14)2/h5-6,8,13-15,26H,3-4,7,9-12H2,1-2H3,(H,23,27). The molecular formula is C21H28N4O3. The molecule has 2 fully saturated rings. The van der Waals surface area contributed by atoms with Crippen LogP contribution in [0.2, 0.25) is 0 Å². The predicted molar refractivity (Wildman–Crippen MR) is 108 cm³/mol. The Morgan fingerprint density at radius 2 is 2.25 bits per heavy atom. The summed E-state index contributed by atoms with van der Waals surface area (Å²) in [7, 11) is 0. The summed E-state index contributed by atoms with van der Waals surface area (Å²) in [6.07, 6.45) is 5.39. The number of aromatic hydroxyl groups is 1. The van der Waals surface area contributed by atoms with Crippen molar-refractivity contribution in [3.63, 3.8) is 0 Å². The average Bonchev–Trinajstić information content (AvgIpc) is 2.89. The molecule has 4 heterocycles. The summed E-state index contributed by atoms with van der Waals surface area (Å²) in [4.78, 5) is 32.8. The second-order valence-corrected chi connectivity index (χ2v) is 8.10. The number of nitrogens with one attached hydrogen (secondary N) is 1. The third-order valence-corrected chi connectivity index (χ3v) is 6.38. The van der Waals surface area contributed by atoms with Gasteiger partial charge in [0.1, 0.15) is 17.0 Å². The number of piperidine rings is 1. The van der Waals surface area contributed by atoms with Crippen LogP contribution in [0.1, 0.15) is 49.9 Å². The van der Waals surface area contributed by atoms with Gasteiger partial charge in [-0.05, 0) is 50.8 Å². The van der Waals surface area contributed by atoms with Crippen molar-refractivity contribution in [3.05, 3.63) is 34.2 Å². The summed E-state index contributed by atoms with van der Waals surface area (Å²) in [5.74, 6) is -0.181. The van der Waals surface area contributed by atoms with Crippen molar-refractivity contribution < 1.29 is 9.90 Å². The van der Waals surface area contributed by atoms with Gasteiger partial charge in [0.05, 0.1) is 5.39 Å². The third kappa shape index (κ3) is 3.17. The third-order valence-electron chi connectivity index (χ3n) is 6.38. The lowest BCUT2D eigenvalue weighted by Gasteiger charge is -2.36. The molecule has 2 saturated heterocycles. The number of unbranched alkanes of at least 4 members (excludes halogenated alkanes) is 1. The first kappa shape index (κ1) is 18.9. The Balaban J connectivity index is 1.68. The van der Waals surface area contributed by atoms with E-state index >= 15 is 0 Å². The second kappa shape index (κ2) is 7.54. The van der Waals surface area contributed by atoms with Crippen LogP contribution in [0, 0.1) is 5.92 Å². The smallest absolute Gasteiger partial charge is 0.268 e. The molecule has 2 N–H and O–H groups in total. The Hall–Kier alpha value is -2.41. The van der Waals surface area contributed by atoms with Gasteiger partial charge in [-0.15, -0.1) is 0 Å². The molecule has 0 saturated carbocycles. The van der Waals surface area contributed by atoms with Crippen LogP contribution < -0.4 is 10.9 Å². The zero-order chi connectivity index (χ0) is 19.8. The highest BCUT2D eigenvalue weighted by atomic mass is 16.3. The number of amides is 1. The topological polar surface area (TPSA) is 87.5 Å². The molecule has 4 unspecified atom stereocenters. The van der Waals surface area contributed by atoms with Crippen LogP contribution in [0.15, 0.2) is 23.1 Å². The first-order valence-corrected chi connectivity index (χ1v) is 10.3. The summed E-state index contributed by atoms with van der Waals surface area (Å²) >= 11 is 0. The normalized spacial score (nSPS) is 26.5. The molecule has 2 aliphatic heterocycles. The van der Waals surface area contributed by atoms with Crippen molar-refractivity contribution in [2.24, 2.45) is 5.92 Å². The quantitative estimate of drug-likeness (QED) is 0.824. The zero-order valence-electron chi connectivity index (χ0n) is 16.5. The first-order valence-electron chi connectivity index (χ1n) is 10.3. The SMILES string of the molecule is CCCCn1c(=O)c(C(=O)NC2CC3CCN(C2)C3C)c(O)c2cccnc21. The lowest BCUT2D eigenvalue weighted by Crippen LogP contribution is -2.51. The van der Waals surface area contributed by atoms with Crippen LogP contribution in [-0.4, -0.2) is 50.6 Å². The van der Waals surface area contributed by atoms with E-state index in [9.17, 15) is 14.7 Å². The second-order valence-electron chi connectivity index (χ2n) is 8.10. The van der Waals surface area contributed by atoms with Gasteiger partial charge < -0.3 is 10.4 Å². The highest BCUT2D eigenvalue weighted by Crippen LogP contribution is 2.33. The maximum atomic E-state index is 13.1. The Kier molecular flexibility index (Phi) is 5.10. The predicted octanol–water partition coefficient (Wildman–Crippen LogP) is 2.11. The number of pyridine rings is 2. The fourth-order valence-electron chi connectivity index (χ4n) is 4.72. The molecule has 0 aliphatic carbocycles. The van der Waals surface area contributed by atoms with Crippen LogP contribution in [0.3, 0.4) is 0 Å². The van der Waals surface area contributed by atoms with E-state index in [1.54, 1.807) is 18.3 Å². The number of rotatable bonds is 5. The lowest BCUT2D eigenvalue weighted by molar-refractivity contribution is 0.0877. The maximum Gasteiger partial charge on any atom is 0.268 e. The number of nitrogens with zero attached hydrogens (tertiary/aromatic N) is 3. The maximum absolute atomic E-state index is 13.1. The molecule has 2 aromatic heterocycles. The number of aromatic nitrogens is 2. The van der Waals surface area contributed by atoms with Gasteiger partial charge in [0.2, 0.25) is 0 Å². The van der Waals surface area contributed by atoms with Crippen molar-refractivity contribution in [2.45, 2.75) is 58.2 Å². The molecule has 28 heavy (non-hydrogen) atoms. The molecule has 1 amide bonds. The van der Waals surface area contributed by atoms with E-state index in [4.69, 9.17) is 0 Å². The Morgan fingerprint density at radius 3 is 3.00 bits per heavy atom. The van der Waals surface area contributed by atoms with Gasteiger partial charge >= 0.3 is 0 Å². The fraction of sp³-hybridized carbons (Fsp3) is 0.571. The molecule has 4 atom stereocenters. The van der Waals surface area contributed by atoms with E-state index in [1.807, 2.05) is 6.92 Å². The van der Waals surface area contributed by atoms with Crippen LogP contribution >= 0.6 is 0 Å². The van der Waals surface area contributed by atoms with Crippen LogP contribution in [0.25, 0.3) is 11.0 Å². The Bertz CT molecular complexity index is 941. The van der Waals surface area contributed by atoms with Crippen LogP contribution in [-0.2, 0) is 6.54 Å². The van der Waals surface area contributed by atoms with Gasteiger partial charge in [-0.25, -0.2) is 4.98 Å². The molecule has 150 valence electrons. The van der Waals surface area contributed by atoms with Gasteiger partial charge in [-0.2, -0.15) is 0 Å². The molecule has 4 rings (SSSR count). The largest absolute Gasteiger partial charge is 0.506 e. The van der Waals surface area contributed by atoms with Gasteiger partial charge in [-0.3, -0.25) is 19.1 Å². The van der Waals surface area contributed by atoms with Crippen molar-refractivity contribution in [1.82, 2.24) is 19.8 Å². The van der Waals surface area contributed by atoms with E-state index in [2.05, 4.69) is 22.1 Å². The van der Waals surface area contributed by atoms with E-state index in [-0.39, 0.29) is 17.4 Å². The van der Waals surface area contributed by atoms with E-state index in [0.717, 1.165) is 38.8 Å². The summed E-state index contributed by atoms with van der Waals surface area (Å²) < 4.78 is 1.52. The molecule has 2 aliphatic rings. The molecular weight excluding hydrogens is 356 g/mol. The summed E-state index contributed by atoms with van der Waals surface area (Å²) in [6.45, 7) is 6.62. The monoisotopic (exact) mass is 384 g/mol. The number of hydrogen-bond donors (Lipinski definition) is 2.